The van der Waals surface area contributed by atoms with E-state index in [4.69, 9.17) is 11.6 Å². The van der Waals surface area contributed by atoms with Crippen molar-refractivity contribution in [1.29, 1.82) is 0 Å². The summed E-state index contributed by atoms with van der Waals surface area (Å²) >= 11 is 6.08. The van der Waals surface area contributed by atoms with Gasteiger partial charge in [0.05, 0.1) is 26.6 Å². The number of amides is 1. The van der Waals surface area contributed by atoms with Crippen molar-refractivity contribution in [3.63, 3.8) is 0 Å². The number of aryl methyl sites for hydroxylation is 2. The molecule has 0 atom stereocenters. The van der Waals surface area contributed by atoms with Crippen molar-refractivity contribution in [3.8, 4) is 0 Å². The zero-order valence-corrected chi connectivity index (χ0v) is 18.1. The second-order valence-electron chi connectivity index (χ2n) is 6.74. The molecule has 7 nitrogen and oxygen atoms in total. The predicted molar refractivity (Wildman–Crippen MR) is 115 cm³/mol. The number of benzene rings is 2. The first kappa shape index (κ1) is 21.3. The molecule has 1 heterocycles. The van der Waals surface area contributed by atoms with E-state index in [0.29, 0.717) is 29.2 Å². The van der Waals surface area contributed by atoms with Gasteiger partial charge in [0.1, 0.15) is 5.82 Å². The largest absolute Gasteiger partial charge is 0.328 e. The number of hydrogen-bond donors (Lipinski definition) is 1. The molecule has 3 aromatic rings. The Kier molecular flexibility index (Phi) is 6.26. The van der Waals surface area contributed by atoms with Crippen molar-refractivity contribution >= 4 is 44.3 Å². The topological polar surface area (TPSA) is 84.3 Å². The van der Waals surface area contributed by atoms with E-state index in [-0.39, 0.29) is 17.2 Å². The third-order valence-corrected chi connectivity index (χ3v) is 6.76. The van der Waals surface area contributed by atoms with Gasteiger partial charge >= 0.3 is 0 Å². The molecule has 29 heavy (non-hydrogen) atoms. The van der Waals surface area contributed by atoms with Crippen LogP contribution in [0.4, 0.5) is 5.69 Å². The molecule has 3 rings (SSSR count). The van der Waals surface area contributed by atoms with Crippen molar-refractivity contribution < 1.29 is 13.2 Å². The lowest BCUT2D eigenvalue weighted by atomic mass is 10.2. The molecule has 0 aliphatic carbocycles. The molecule has 1 N–H and O–H groups in total. The number of nitrogens with zero attached hydrogens (tertiary/aromatic N) is 3. The van der Waals surface area contributed by atoms with Crippen molar-refractivity contribution in [1.82, 2.24) is 13.9 Å². The van der Waals surface area contributed by atoms with Crippen LogP contribution in [0, 0.1) is 0 Å². The summed E-state index contributed by atoms with van der Waals surface area (Å²) in [4.78, 5) is 17.1. The molecule has 0 saturated carbocycles. The standard InChI is InChI=1S/C20H23ClN4O3S/c1-4-25-18-10-9-14(29(27,28)24(2)3)13-17(18)22-19(25)11-12-20(26)23-16-8-6-5-7-15(16)21/h5-10,13H,4,11-12H2,1-3H3,(H,23,26). The maximum atomic E-state index is 12.4. The van der Waals surface area contributed by atoms with Crippen molar-refractivity contribution in [3.05, 3.63) is 53.3 Å². The minimum atomic E-state index is -3.54. The van der Waals surface area contributed by atoms with Crippen LogP contribution < -0.4 is 5.32 Å². The van der Waals surface area contributed by atoms with Gasteiger partial charge in [-0.25, -0.2) is 17.7 Å². The van der Waals surface area contributed by atoms with Gasteiger partial charge in [0.15, 0.2) is 0 Å². The van der Waals surface area contributed by atoms with Gasteiger partial charge in [-0.3, -0.25) is 4.79 Å². The summed E-state index contributed by atoms with van der Waals surface area (Å²) in [5, 5.41) is 3.28. The number of hydrogen-bond acceptors (Lipinski definition) is 4. The maximum absolute atomic E-state index is 12.4. The van der Waals surface area contributed by atoms with Crippen molar-refractivity contribution in [2.45, 2.75) is 31.2 Å². The molecular formula is C20H23ClN4O3S. The lowest BCUT2D eigenvalue weighted by Crippen LogP contribution is -2.22. The molecule has 0 unspecified atom stereocenters. The fourth-order valence-electron chi connectivity index (χ4n) is 3.08. The highest BCUT2D eigenvalue weighted by Gasteiger charge is 2.19. The fraction of sp³-hybridized carbons (Fsp3) is 0.300. The molecule has 0 spiro atoms. The average Bonchev–Trinajstić information content (AvgIpc) is 3.04. The van der Waals surface area contributed by atoms with E-state index < -0.39 is 10.0 Å². The number of aromatic nitrogens is 2. The molecule has 1 amide bonds. The van der Waals surface area contributed by atoms with Gasteiger partial charge < -0.3 is 9.88 Å². The lowest BCUT2D eigenvalue weighted by Gasteiger charge is -2.11. The van der Waals surface area contributed by atoms with Crippen LogP contribution in [-0.4, -0.2) is 42.3 Å². The number of nitrogens with one attached hydrogen (secondary N) is 1. The van der Waals surface area contributed by atoms with E-state index >= 15 is 0 Å². The third-order valence-electron chi connectivity index (χ3n) is 4.62. The minimum absolute atomic E-state index is 0.163. The van der Waals surface area contributed by atoms with Gasteiger partial charge in [0, 0.05) is 33.5 Å². The molecule has 0 radical (unpaired) electrons. The second kappa shape index (κ2) is 8.52. The molecule has 0 fully saturated rings. The summed E-state index contributed by atoms with van der Waals surface area (Å²) in [5.74, 6) is 0.569. The highest BCUT2D eigenvalue weighted by Crippen LogP contribution is 2.23. The molecule has 154 valence electrons. The van der Waals surface area contributed by atoms with Crippen LogP contribution in [0.2, 0.25) is 5.02 Å². The van der Waals surface area contributed by atoms with Crippen LogP contribution in [0.5, 0.6) is 0 Å². The molecule has 0 aliphatic rings. The first-order valence-corrected chi connectivity index (χ1v) is 11.0. The number of sulfonamides is 1. The number of carbonyl (C=O) groups excluding carboxylic acids is 1. The van der Waals surface area contributed by atoms with E-state index in [2.05, 4.69) is 10.3 Å². The summed E-state index contributed by atoms with van der Waals surface area (Å²) in [6.07, 6.45) is 0.659. The van der Waals surface area contributed by atoms with E-state index in [1.165, 1.54) is 18.4 Å². The quantitative estimate of drug-likeness (QED) is 0.616. The molecule has 0 aliphatic heterocycles. The Hall–Kier alpha value is -2.42. The zero-order valence-electron chi connectivity index (χ0n) is 16.5. The van der Waals surface area contributed by atoms with Crippen LogP contribution in [0.25, 0.3) is 11.0 Å². The Morgan fingerprint density at radius 3 is 2.59 bits per heavy atom. The van der Waals surface area contributed by atoms with E-state index in [9.17, 15) is 13.2 Å². The maximum Gasteiger partial charge on any atom is 0.242 e. The molecule has 0 bridgehead atoms. The number of rotatable bonds is 7. The normalized spacial score (nSPS) is 11.9. The van der Waals surface area contributed by atoms with Crippen LogP contribution in [0.1, 0.15) is 19.2 Å². The van der Waals surface area contributed by atoms with Crippen LogP contribution in [-0.2, 0) is 27.8 Å². The first-order chi connectivity index (χ1) is 13.7. The van der Waals surface area contributed by atoms with E-state index in [1.807, 2.05) is 11.5 Å². The monoisotopic (exact) mass is 434 g/mol. The summed E-state index contributed by atoms with van der Waals surface area (Å²) < 4.78 is 27.9. The smallest absolute Gasteiger partial charge is 0.242 e. The highest BCUT2D eigenvalue weighted by molar-refractivity contribution is 7.89. The molecule has 1 aromatic heterocycles. The number of para-hydroxylation sites is 1. The fourth-order valence-corrected chi connectivity index (χ4v) is 4.18. The van der Waals surface area contributed by atoms with E-state index in [1.54, 1.807) is 42.5 Å². The number of fused-ring (bicyclic) bond motifs is 1. The summed E-state index contributed by atoms with van der Waals surface area (Å²) in [7, 11) is -0.549. The van der Waals surface area contributed by atoms with Crippen molar-refractivity contribution in [2.24, 2.45) is 0 Å². The molecule has 2 aromatic carbocycles. The van der Waals surface area contributed by atoms with Gasteiger partial charge in [-0.15, -0.1) is 0 Å². The Morgan fingerprint density at radius 1 is 1.21 bits per heavy atom. The van der Waals surface area contributed by atoms with Crippen molar-refractivity contribution in [2.75, 3.05) is 19.4 Å². The van der Waals surface area contributed by atoms with Crippen LogP contribution in [0.15, 0.2) is 47.4 Å². The third kappa shape index (κ3) is 4.44. The second-order valence-corrected chi connectivity index (χ2v) is 9.30. The molecular weight excluding hydrogens is 412 g/mol. The Bertz CT molecular complexity index is 1160. The Balaban J connectivity index is 1.82. The van der Waals surface area contributed by atoms with Crippen LogP contribution in [0.3, 0.4) is 0 Å². The van der Waals surface area contributed by atoms with Gasteiger partial charge in [-0.2, -0.15) is 0 Å². The minimum Gasteiger partial charge on any atom is -0.328 e. The lowest BCUT2D eigenvalue weighted by molar-refractivity contribution is -0.116. The Labute approximate surface area is 175 Å². The van der Waals surface area contributed by atoms with Crippen LogP contribution >= 0.6 is 11.6 Å². The summed E-state index contributed by atoms with van der Waals surface area (Å²) in [6, 6.07) is 12.0. The number of carbonyl (C=O) groups is 1. The number of anilines is 1. The molecule has 0 saturated heterocycles. The SMILES string of the molecule is CCn1c(CCC(=O)Nc2ccccc2Cl)nc2cc(S(=O)(=O)N(C)C)ccc21. The Morgan fingerprint density at radius 2 is 1.93 bits per heavy atom. The van der Waals surface area contributed by atoms with Gasteiger partial charge in [-0.1, -0.05) is 23.7 Å². The first-order valence-electron chi connectivity index (χ1n) is 9.20. The summed E-state index contributed by atoms with van der Waals surface area (Å²) in [6.45, 7) is 2.65. The van der Waals surface area contributed by atoms with Gasteiger partial charge in [-0.05, 0) is 37.3 Å². The van der Waals surface area contributed by atoms with Gasteiger partial charge in [0.2, 0.25) is 15.9 Å². The number of imidazole rings is 1. The van der Waals surface area contributed by atoms with Gasteiger partial charge in [0.25, 0.3) is 0 Å². The highest BCUT2D eigenvalue weighted by atomic mass is 35.5. The predicted octanol–water partition coefficient (Wildman–Crippen LogP) is 3.53. The summed E-state index contributed by atoms with van der Waals surface area (Å²) in [5.41, 5.74) is 2.00. The number of halogens is 1. The van der Waals surface area contributed by atoms with E-state index in [0.717, 1.165) is 11.3 Å². The molecule has 9 heteroatoms. The zero-order chi connectivity index (χ0) is 21.2. The average molecular weight is 435 g/mol.